The van der Waals surface area contributed by atoms with Crippen molar-refractivity contribution in [3.63, 3.8) is 0 Å². The number of benzene rings is 2. The van der Waals surface area contributed by atoms with Gasteiger partial charge in [-0.15, -0.1) is 11.3 Å². The van der Waals surface area contributed by atoms with Gasteiger partial charge in [0.2, 0.25) is 5.91 Å². The molecule has 2 aromatic carbocycles. The van der Waals surface area contributed by atoms with Crippen LogP contribution in [0.2, 0.25) is 0 Å². The molecule has 2 fully saturated rings. The van der Waals surface area contributed by atoms with Crippen molar-refractivity contribution < 1.29 is 4.79 Å². The summed E-state index contributed by atoms with van der Waals surface area (Å²) >= 11 is 1.69. The Labute approximate surface area is 217 Å². The van der Waals surface area contributed by atoms with Gasteiger partial charge in [-0.25, -0.2) is 4.98 Å². The molecule has 5 nitrogen and oxygen atoms in total. The van der Waals surface area contributed by atoms with Gasteiger partial charge in [0.25, 0.3) is 0 Å². The van der Waals surface area contributed by atoms with Gasteiger partial charge in [-0.2, -0.15) is 0 Å². The number of fused-ring (bicyclic) bond motifs is 1. The average molecular weight is 499 g/mol. The van der Waals surface area contributed by atoms with E-state index in [1.165, 1.54) is 16.8 Å². The zero-order valence-corrected chi connectivity index (χ0v) is 21.7. The maximum Gasteiger partial charge on any atom is 0.223 e. The van der Waals surface area contributed by atoms with E-state index in [0.29, 0.717) is 12.5 Å². The number of rotatable bonds is 8. The van der Waals surface area contributed by atoms with Crippen LogP contribution in [-0.4, -0.2) is 39.8 Å². The molecular weight excluding hydrogens is 464 g/mol. The van der Waals surface area contributed by atoms with Crippen molar-refractivity contribution >= 4 is 22.2 Å². The Bertz CT molecular complexity index is 1280. The predicted octanol–water partition coefficient (Wildman–Crippen LogP) is 5.64. The molecule has 6 heteroatoms. The smallest absolute Gasteiger partial charge is 0.223 e. The number of hydrogen-bond acceptors (Lipinski definition) is 4. The molecule has 1 atom stereocenters. The summed E-state index contributed by atoms with van der Waals surface area (Å²) in [6.07, 6.45) is 6.32. The largest absolute Gasteiger partial charge is 0.356 e. The quantitative estimate of drug-likeness (QED) is 0.342. The second-order valence-electron chi connectivity index (χ2n) is 10.5. The van der Waals surface area contributed by atoms with Crippen molar-refractivity contribution in [1.29, 1.82) is 0 Å². The monoisotopic (exact) mass is 498 g/mol. The van der Waals surface area contributed by atoms with Gasteiger partial charge in [-0.3, -0.25) is 14.1 Å². The predicted molar refractivity (Wildman–Crippen MR) is 145 cm³/mol. The minimum Gasteiger partial charge on any atom is -0.356 e. The van der Waals surface area contributed by atoms with Crippen LogP contribution < -0.4 is 5.32 Å². The maximum absolute atomic E-state index is 13.1. The zero-order valence-electron chi connectivity index (χ0n) is 20.9. The number of nitrogens with zero attached hydrogens (tertiary/aromatic N) is 3. The summed E-state index contributed by atoms with van der Waals surface area (Å²) in [6, 6.07) is 21.3. The number of imidazole rings is 1. The lowest BCUT2D eigenvalue weighted by Crippen LogP contribution is -2.37. The van der Waals surface area contributed by atoms with E-state index in [1.807, 2.05) is 0 Å². The molecule has 1 saturated carbocycles. The van der Waals surface area contributed by atoms with Gasteiger partial charge in [0.05, 0.1) is 11.4 Å². The van der Waals surface area contributed by atoms with E-state index in [1.54, 1.807) is 11.3 Å². The summed E-state index contributed by atoms with van der Waals surface area (Å²) in [6.45, 7) is 5.89. The molecule has 0 radical (unpaired) electrons. The number of amides is 1. The van der Waals surface area contributed by atoms with Crippen LogP contribution >= 0.6 is 11.3 Å². The summed E-state index contributed by atoms with van der Waals surface area (Å²) in [4.78, 5) is 21.4. The fraction of sp³-hybridized carbons (Fsp3) is 0.400. The van der Waals surface area contributed by atoms with Gasteiger partial charge in [-0.1, -0.05) is 60.7 Å². The van der Waals surface area contributed by atoms with Crippen molar-refractivity contribution in [3.8, 4) is 0 Å². The highest BCUT2D eigenvalue weighted by atomic mass is 32.1. The average Bonchev–Trinajstić information content (AvgIpc) is 3.27. The highest BCUT2D eigenvalue weighted by Crippen LogP contribution is 2.59. The number of likely N-dealkylation sites (tertiary alicyclic amines) is 1. The lowest BCUT2D eigenvalue weighted by Gasteiger charge is -2.32. The molecule has 36 heavy (non-hydrogen) atoms. The van der Waals surface area contributed by atoms with Crippen LogP contribution in [0.3, 0.4) is 0 Å². The standard InChI is InChI=1S/C30H34N4OS/c1-22-27(34-18-19-36-29(34)32-22)21-33-16-13-30(14-17-33)20-26(30)28(35)31-15-12-25(23-8-4-2-5-9-23)24-10-6-3-7-11-24/h2-11,18-19,25-26H,12-17,20-21H2,1H3,(H,31,35)/t26-/m0/s1. The van der Waals surface area contributed by atoms with Crippen LogP contribution in [0.4, 0.5) is 0 Å². The van der Waals surface area contributed by atoms with Crippen LogP contribution in [0.1, 0.15) is 54.1 Å². The number of carbonyl (C=O) groups is 1. The van der Waals surface area contributed by atoms with Crippen molar-refractivity contribution in [1.82, 2.24) is 19.6 Å². The third-order valence-corrected chi connectivity index (χ3v) is 9.19. The summed E-state index contributed by atoms with van der Waals surface area (Å²) in [5, 5.41) is 5.40. The minimum atomic E-state index is 0.187. The Hall–Kier alpha value is -2.96. The fourth-order valence-corrected chi connectivity index (χ4v) is 6.91. The molecule has 1 spiro atoms. The van der Waals surface area contributed by atoms with Crippen LogP contribution in [0, 0.1) is 18.3 Å². The summed E-state index contributed by atoms with van der Waals surface area (Å²) in [7, 11) is 0. The number of piperidine rings is 1. The Morgan fingerprint density at radius 2 is 1.75 bits per heavy atom. The molecule has 1 aliphatic carbocycles. The third-order valence-electron chi connectivity index (χ3n) is 8.43. The number of hydrogen-bond donors (Lipinski definition) is 1. The van der Waals surface area contributed by atoms with E-state index >= 15 is 0 Å². The van der Waals surface area contributed by atoms with Gasteiger partial charge >= 0.3 is 0 Å². The molecule has 0 unspecified atom stereocenters. The Balaban J connectivity index is 1.01. The van der Waals surface area contributed by atoms with Gasteiger partial charge in [0.1, 0.15) is 0 Å². The number of thiazole rings is 1. The first-order valence-electron chi connectivity index (χ1n) is 13.1. The first kappa shape index (κ1) is 23.4. The number of carbonyl (C=O) groups excluding carboxylic acids is 1. The highest BCUT2D eigenvalue weighted by molar-refractivity contribution is 7.15. The highest BCUT2D eigenvalue weighted by Gasteiger charge is 2.58. The molecule has 2 aromatic heterocycles. The van der Waals surface area contributed by atoms with E-state index in [4.69, 9.17) is 4.98 Å². The molecule has 6 rings (SSSR count). The fourth-order valence-electron chi connectivity index (χ4n) is 6.13. The second kappa shape index (κ2) is 9.83. The topological polar surface area (TPSA) is 49.6 Å². The molecule has 0 bridgehead atoms. The van der Waals surface area contributed by atoms with Gasteiger partial charge in [-0.05, 0) is 62.2 Å². The first-order valence-corrected chi connectivity index (χ1v) is 14.0. The zero-order chi connectivity index (χ0) is 24.5. The van der Waals surface area contributed by atoms with Gasteiger partial charge < -0.3 is 5.32 Å². The van der Waals surface area contributed by atoms with Crippen molar-refractivity contribution in [3.05, 3.63) is 94.8 Å². The minimum absolute atomic E-state index is 0.187. The SMILES string of the molecule is Cc1nc2sccn2c1CN1CCC2(CC1)C[C@H]2C(=O)NCCC(c1ccccc1)c1ccccc1. The molecule has 1 N–H and O–H groups in total. The van der Waals surface area contributed by atoms with E-state index in [0.717, 1.165) is 56.0 Å². The normalized spacial score (nSPS) is 19.2. The third kappa shape index (κ3) is 4.60. The lowest BCUT2D eigenvalue weighted by atomic mass is 9.88. The van der Waals surface area contributed by atoms with E-state index in [9.17, 15) is 4.79 Å². The first-order chi connectivity index (χ1) is 17.6. The number of aromatic nitrogens is 2. The number of aryl methyl sites for hydroxylation is 1. The summed E-state index contributed by atoms with van der Waals surface area (Å²) in [5.41, 5.74) is 5.28. The van der Waals surface area contributed by atoms with Crippen LogP contribution in [0.15, 0.2) is 72.2 Å². The summed E-state index contributed by atoms with van der Waals surface area (Å²) < 4.78 is 2.23. The second-order valence-corrected chi connectivity index (χ2v) is 11.4. The molecule has 1 amide bonds. The van der Waals surface area contributed by atoms with Gasteiger partial charge in [0, 0.05) is 36.5 Å². The molecule has 1 aliphatic heterocycles. The van der Waals surface area contributed by atoms with Crippen LogP contribution in [0.25, 0.3) is 4.96 Å². The van der Waals surface area contributed by atoms with Gasteiger partial charge in [0.15, 0.2) is 4.96 Å². The maximum atomic E-state index is 13.1. The number of nitrogens with one attached hydrogen (secondary N) is 1. The summed E-state index contributed by atoms with van der Waals surface area (Å²) in [5.74, 6) is 0.743. The molecular formula is C30H34N4OS. The van der Waals surface area contributed by atoms with Crippen LogP contribution in [0.5, 0.6) is 0 Å². The molecule has 2 aliphatic rings. The Morgan fingerprint density at radius 3 is 2.42 bits per heavy atom. The molecule has 1 saturated heterocycles. The van der Waals surface area contributed by atoms with E-state index < -0.39 is 0 Å². The molecule has 186 valence electrons. The molecule has 4 aromatic rings. The molecule has 3 heterocycles. The Morgan fingerprint density at radius 1 is 1.08 bits per heavy atom. The van der Waals surface area contributed by atoms with Crippen molar-refractivity contribution in [2.45, 2.75) is 45.1 Å². The Kier molecular flexibility index (Phi) is 6.40. The van der Waals surface area contributed by atoms with Crippen molar-refractivity contribution in [2.24, 2.45) is 11.3 Å². The van der Waals surface area contributed by atoms with E-state index in [2.05, 4.69) is 93.8 Å². The van der Waals surface area contributed by atoms with Crippen LogP contribution in [-0.2, 0) is 11.3 Å². The van der Waals surface area contributed by atoms with Crippen molar-refractivity contribution in [2.75, 3.05) is 19.6 Å². The lowest BCUT2D eigenvalue weighted by molar-refractivity contribution is -0.123. The van der Waals surface area contributed by atoms with E-state index in [-0.39, 0.29) is 17.2 Å².